The molecule has 36 heavy (non-hydrogen) atoms. The highest BCUT2D eigenvalue weighted by Gasteiger charge is 2.26. The first kappa shape index (κ1) is 25.4. The van der Waals surface area contributed by atoms with Gasteiger partial charge >= 0.3 is 6.09 Å². The Kier molecular flexibility index (Phi) is 8.36. The minimum Gasteiger partial charge on any atom is -0.474 e. The standard InChI is InChI=1S/C28H34N4O4/c1-19(2)34-28(33)32-16-14-24(15-17-32)35-26-20(3)27(30-18-29-26)36-25-13-12-23(31-21(25)4)11-10-22-8-6-5-7-9-22/h5-9,12-13,18-19,24H,10-11,14-17H2,1-4H3. The summed E-state index contributed by atoms with van der Waals surface area (Å²) in [6, 6.07) is 14.3. The molecule has 0 radical (unpaired) electrons. The molecule has 8 nitrogen and oxygen atoms in total. The SMILES string of the molecule is Cc1nc(CCc2ccccc2)ccc1Oc1ncnc(OC2CCN(C(=O)OC(C)C)CC2)c1C. The quantitative estimate of drug-likeness (QED) is 0.415. The molecule has 3 heterocycles. The molecule has 3 aromatic rings. The number of pyridine rings is 1. The van der Waals surface area contributed by atoms with E-state index in [1.54, 1.807) is 4.90 Å². The maximum Gasteiger partial charge on any atom is 0.410 e. The van der Waals surface area contributed by atoms with Crippen molar-refractivity contribution in [1.29, 1.82) is 0 Å². The molecule has 0 saturated carbocycles. The topological polar surface area (TPSA) is 86.7 Å². The molecule has 190 valence electrons. The molecule has 0 bridgehead atoms. The van der Waals surface area contributed by atoms with Crippen LogP contribution in [0.25, 0.3) is 0 Å². The Morgan fingerprint density at radius 2 is 1.72 bits per heavy atom. The number of likely N-dealkylation sites (tertiary alicyclic amines) is 1. The number of hydrogen-bond donors (Lipinski definition) is 0. The summed E-state index contributed by atoms with van der Waals surface area (Å²) in [4.78, 5) is 27.2. The van der Waals surface area contributed by atoms with Crippen LogP contribution in [0.2, 0.25) is 0 Å². The highest BCUT2D eigenvalue weighted by atomic mass is 16.6. The van der Waals surface area contributed by atoms with Gasteiger partial charge in [0.05, 0.1) is 17.4 Å². The van der Waals surface area contributed by atoms with E-state index in [9.17, 15) is 4.79 Å². The van der Waals surface area contributed by atoms with Crippen molar-refractivity contribution in [2.24, 2.45) is 0 Å². The highest BCUT2D eigenvalue weighted by molar-refractivity contribution is 5.67. The summed E-state index contributed by atoms with van der Waals surface area (Å²) >= 11 is 0. The second kappa shape index (κ2) is 11.8. The average Bonchev–Trinajstić information content (AvgIpc) is 2.87. The Morgan fingerprint density at radius 3 is 2.42 bits per heavy atom. The van der Waals surface area contributed by atoms with Crippen molar-refractivity contribution in [3.8, 4) is 17.5 Å². The molecule has 8 heteroatoms. The van der Waals surface area contributed by atoms with Crippen molar-refractivity contribution in [1.82, 2.24) is 19.9 Å². The van der Waals surface area contributed by atoms with Crippen molar-refractivity contribution in [2.75, 3.05) is 13.1 Å². The lowest BCUT2D eigenvalue weighted by atomic mass is 10.1. The van der Waals surface area contributed by atoms with Crippen LogP contribution in [0.3, 0.4) is 0 Å². The minimum atomic E-state index is -0.271. The van der Waals surface area contributed by atoms with Crippen molar-refractivity contribution in [2.45, 2.75) is 65.6 Å². The Hall–Kier alpha value is -3.68. The van der Waals surface area contributed by atoms with Crippen LogP contribution in [0.1, 0.15) is 49.2 Å². The summed E-state index contributed by atoms with van der Waals surface area (Å²) in [5, 5.41) is 0. The third kappa shape index (κ3) is 6.71. The molecule has 1 aliphatic heterocycles. The number of benzene rings is 1. The summed E-state index contributed by atoms with van der Waals surface area (Å²) in [5.74, 6) is 1.59. The van der Waals surface area contributed by atoms with E-state index in [2.05, 4.69) is 34.2 Å². The van der Waals surface area contributed by atoms with Crippen molar-refractivity contribution in [3.63, 3.8) is 0 Å². The zero-order valence-corrected chi connectivity index (χ0v) is 21.4. The maximum atomic E-state index is 12.1. The fourth-order valence-corrected chi connectivity index (χ4v) is 4.10. The highest BCUT2D eigenvalue weighted by Crippen LogP contribution is 2.30. The molecule has 2 aromatic heterocycles. The van der Waals surface area contributed by atoms with Gasteiger partial charge in [-0.25, -0.2) is 14.8 Å². The first-order valence-electron chi connectivity index (χ1n) is 12.5. The van der Waals surface area contributed by atoms with E-state index in [0.717, 1.165) is 29.8 Å². The predicted octanol–water partition coefficient (Wildman–Crippen LogP) is 5.45. The van der Waals surface area contributed by atoms with Gasteiger partial charge in [0.25, 0.3) is 0 Å². The van der Waals surface area contributed by atoms with Gasteiger partial charge in [0.1, 0.15) is 12.4 Å². The molecule has 1 aliphatic rings. The van der Waals surface area contributed by atoms with E-state index in [1.807, 2.05) is 45.9 Å². The third-order valence-corrected chi connectivity index (χ3v) is 6.12. The Bertz CT molecular complexity index is 1160. The number of carbonyl (C=O) groups excluding carboxylic acids is 1. The summed E-state index contributed by atoms with van der Waals surface area (Å²) in [7, 11) is 0. The molecule has 1 saturated heterocycles. The van der Waals surface area contributed by atoms with E-state index in [4.69, 9.17) is 19.2 Å². The maximum absolute atomic E-state index is 12.1. The summed E-state index contributed by atoms with van der Waals surface area (Å²) < 4.78 is 17.6. The van der Waals surface area contributed by atoms with Crippen LogP contribution < -0.4 is 9.47 Å². The van der Waals surface area contributed by atoms with E-state index in [0.29, 0.717) is 43.4 Å². The molecule has 1 fully saturated rings. The Balaban J connectivity index is 1.35. The lowest BCUT2D eigenvalue weighted by Crippen LogP contribution is -2.42. The number of piperidine rings is 1. The van der Waals surface area contributed by atoms with Crippen LogP contribution in [0, 0.1) is 13.8 Å². The zero-order valence-electron chi connectivity index (χ0n) is 21.4. The second-order valence-electron chi connectivity index (χ2n) is 9.32. The smallest absolute Gasteiger partial charge is 0.410 e. The molecule has 0 atom stereocenters. The van der Waals surface area contributed by atoms with Gasteiger partial charge in [-0.3, -0.25) is 4.98 Å². The molecule has 1 aromatic carbocycles. The summed E-state index contributed by atoms with van der Waals surface area (Å²) in [5.41, 5.74) is 3.85. The molecule has 1 amide bonds. The first-order valence-corrected chi connectivity index (χ1v) is 12.5. The van der Waals surface area contributed by atoms with Crippen LogP contribution in [0.15, 0.2) is 48.8 Å². The monoisotopic (exact) mass is 490 g/mol. The number of nitrogens with zero attached hydrogens (tertiary/aromatic N) is 4. The summed E-state index contributed by atoms with van der Waals surface area (Å²) in [6.07, 6.45) is 4.23. The van der Waals surface area contributed by atoms with Gasteiger partial charge in [-0.2, -0.15) is 0 Å². The number of aryl methyl sites for hydroxylation is 3. The van der Waals surface area contributed by atoms with Crippen LogP contribution >= 0.6 is 0 Å². The first-order chi connectivity index (χ1) is 17.4. The fourth-order valence-electron chi connectivity index (χ4n) is 4.10. The number of aromatic nitrogens is 3. The Labute approximate surface area is 212 Å². The molecule has 0 aliphatic carbocycles. The van der Waals surface area contributed by atoms with Crippen LogP contribution in [-0.4, -0.2) is 51.2 Å². The number of hydrogen-bond acceptors (Lipinski definition) is 7. The number of ether oxygens (including phenoxy) is 3. The molecular weight excluding hydrogens is 456 g/mol. The predicted molar refractivity (Wildman–Crippen MR) is 137 cm³/mol. The van der Waals surface area contributed by atoms with Crippen LogP contribution in [0.4, 0.5) is 4.79 Å². The molecule has 0 unspecified atom stereocenters. The number of carbonyl (C=O) groups is 1. The van der Waals surface area contributed by atoms with Crippen LogP contribution in [-0.2, 0) is 17.6 Å². The van der Waals surface area contributed by atoms with Gasteiger partial charge in [0, 0.05) is 31.6 Å². The fraction of sp³-hybridized carbons (Fsp3) is 0.429. The third-order valence-electron chi connectivity index (χ3n) is 6.12. The Morgan fingerprint density at radius 1 is 1.00 bits per heavy atom. The number of rotatable bonds is 8. The normalized spacial score (nSPS) is 14.1. The summed E-state index contributed by atoms with van der Waals surface area (Å²) in [6.45, 7) is 8.70. The lowest BCUT2D eigenvalue weighted by Gasteiger charge is -2.31. The molecule has 0 N–H and O–H groups in total. The van der Waals surface area contributed by atoms with Gasteiger partial charge in [-0.05, 0) is 58.2 Å². The second-order valence-corrected chi connectivity index (χ2v) is 9.32. The van der Waals surface area contributed by atoms with Gasteiger partial charge < -0.3 is 19.1 Å². The van der Waals surface area contributed by atoms with Crippen LogP contribution in [0.5, 0.6) is 17.5 Å². The molecule has 4 rings (SSSR count). The molecule has 0 spiro atoms. The van der Waals surface area contributed by atoms with E-state index < -0.39 is 0 Å². The van der Waals surface area contributed by atoms with Gasteiger partial charge in [-0.15, -0.1) is 0 Å². The van der Waals surface area contributed by atoms with Gasteiger partial charge in [-0.1, -0.05) is 30.3 Å². The average molecular weight is 491 g/mol. The van der Waals surface area contributed by atoms with E-state index >= 15 is 0 Å². The van der Waals surface area contributed by atoms with Crippen molar-refractivity contribution in [3.05, 3.63) is 71.3 Å². The van der Waals surface area contributed by atoms with Crippen molar-refractivity contribution >= 4 is 6.09 Å². The van der Waals surface area contributed by atoms with Crippen molar-refractivity contribution < 1.29 is 19.0 Å². The van der Waals surface area contributed by atoms with E-state index in [1.165, 1.54) is 11.9 Å². The molecular formula is C28H34N4O4. The largest absolute Gasteiger partial charge is 0.474 e. The van der Waals surface area contributed by atoms with Gasteiger partial charge in [0.15, 0.2) is 5.75 Å². The van der Waals surface area contributed by atoms with E-state index in [-0.39, 0.29) is 18.3 Å². The number of amides is 1. The zero-order chi connectivity index (χ0) is 25.5. The minimum absolute atomic E-state index is 0.0400. The van der Waals surface area contributed by atoms with Gasteiger partial charge in [0.2, 0.25) is 11.8 Å². The lowest BCUT2D eigenvalue weighted by molar-refractivity contribution is 0.0505.